The summed E-state index contributed by atoms with van der Waals surface area (Å²) in [5.74, 6) is -0.0664. The molecule has 3 aromatic rings. The summed E-state index contributed by atoms with van der Waals surface area (Å²) in [6, 6.07) is 10.5. The summed E-state index contributed by atoms with van der Waals surface area (Å²) in [6.07, 6.45) is 18.3. The van der Waals surface area contributed by atoms with Crippen molar-refractivity contribution in [2.75, 3.05) is 0 Å². The lowest BCUT2D eigenvalue weighted by Crippen LogP contribution is -2.13. The summed E-state index contributed by atoms with van der Waals surface area (Å²) in [5.41, 5.74) is 0. The fraction of sp³-hybridized carbons (Fsp3) is 0.188. The molecule has 0 radical (unpaired) electrons. The van der Waals surface area contributed by atoms with Gasteiger partial charge in [-0.2, -0.15) is 25.3 Å². The number of fused-ring (bicyclic) bond motifs is 2. The molecule has 6 rings (SSSR count). The molecular weight excluding hydrogens is 625 g/mol. The quantitative estimate of drug-likeness (QED) is 0.181. The minimum absolute atomic E-state index is 0.000216. The Morgan fingerprint density at radius 1 is 0.455 bits per heavy atom. The number of hydrogen-bond donors (Lipinski definition) is 0. The second kappa shape index (κ2) is 11.8. The Morgan fingerprint density at radius 2 is 0.932 bits per heavy atom. The molecule has 0 heterocycles. The molecule has 0 aliphatic heterocycles. The van der Waals surface area contributed by atoms with Crippen molar-refractivity contribution >= 4 is 51.9 Å². The molecule has 12 heteroatoms. The van der Waals surface area contributed by atoms with E-state index in [1.807, 2.05) is 0 Å². The number of benzene rings is 3. The lowest BCUT2D eigenvalue weighted by Gasteiger charge is -2.16. The molecule has 44 heavy (non-hydrogen) atoms. The van der Waals surface area contributed by atoms with E-state index in [0.29, 0.717) is 41.8 Å². The minimum Gasteiger partial charge on any atom is -0.379 e. The minimum atomic E-state index is -4.28. The van der Waals surface area contributed by atoms with Crippen LogP contribution in [0.1, 0.15) is 38.5 Å². The highest BCUT2D eigenvalue weighted by Crippen LogP contribution is 2.40. The smallest absolute Gasteiger partial charge is 0.338 e. The van der Waals surface area contributed by atoms with Gasteiger partial charge in [0.1, 0.15) is 26.2 Å². The van der Waals surface area contributed by atoms with Crippen LogP contribution in [0.25, 0.3) is 21.5 Å². The topological polar surface area (TPSA) is 130 Å². The first-order valence-electron chi connectivity index (χ1n) is 14.0. The second-order valence-corrected chi connectivity index (χ2v) is 15.0. The van der Waals surface area contributed by atoms with Crippen LogP contribution in [0.5, 0.6) is 17.2 Å². The van der Waals surface area contributed by atoms with E-state index in [0.717, 1.165) is 12.8 Å². The monoisotopic (exact) mass is 652 g/mol. The molecule has 0 saturated heterocycles. The van der Waals surface area contributed by atoms with Crippen LogP contribution in [0.2, 0.25) is 0 Å². The van der Waals surface area contributed by atoms with Crippen LogP contribution in [0, 0.1) is 0 Å². The van der Waals surface area contributed by atoms with Crippen LogP contribution in [-0.2, 0) is 30.4 Å². The van der Waals surface area contributed by atoms with Crippen molar-refractivity contribution in [2.45, 2.75) is 38.5 Å². The van der Waals surface area contributed by atoms with Crippen LogP contribution in [0.4, 0.5) is 0 Å². The molecule has 0 aromatic heterocycles. The molecule has 0 unspecified atom stereocenters. The predicted molar refractivity (Wildman–Crippen MR) is 169 cm³/mol. The third kappa shape index (κ3) is 6.23. The Balaban J connectivity index is 1.45. The van der Waals surface area contributed by atoms with E-state index in [1.54, 1.807) is 48.6 Å². The van der Waals surface area contributed by atoms with Gasteiger partial charge in [0, 0.05) is 10.8 Å². The van der Waals surface area contributed by atoms with Gasteiger partial charge in [-0.25, -0.2) is 0 Å². The van der Waals surface area contributed by atoms with E-state index in [9.17, 15) is 25.3 Å². The molecule has 3 aliphatic rings. The van der Waals surface area contributed by atoms with Gasteiger partial charge in [0.2, 0.25) is 0 Å². The Labute approximate surface area is 256 Å². The normalized spacial score (nSPS) is 17.2. The molecule has 0 N–H and O–H groups in total. The lowest BCUT2D eigenvalue weighted by molar-refractivity contribution is 0.491. The summed E-state index contributed by atoms with van der Waals surface area (Å²) < 4.78 is 95.0. The van der Waals surface area contributed by atoms with Gasteiger partial charge in [0.25, 0.3) is 0 Å². The first-order valence-corrected chi connectivity index (χ1v) is 18.2. The molecule has 0 spiro atoms. The summed E-state index contributed by atoms with van der Waals surface area (Å²) >= 11 is 0. The molecule has 0 fully saturated rings. The van der Waals surface area contributed by atoms with Gasteiger partial charge in [0.05, 0.1) is 0 Å². The van der Waals surface area contributed by atoms with Crippen molar-refractivity contribution in [2.24, 2.45) is 0 Å². The van der Waals surface area contributed by atoms with Gasteiger partial charge < -0.3 is 12.5 Å². The van der Waals surface area contributed by atoms with Crippen LogP contribution >= 0.6 is 0 Å². The van der Waals surface area contributed by atoms with Gasteiger partial charge in [0.15, 0.2) is 5.75 Å². The molecule has 3 aliphatic carbocycles. The van der Waals surface area contributed by atoms with Gasteiger partial charge >= 0.3 is 30.4 Å². The zero-order chi connectivity index (χ0) is 31.0. The summed E-state index contributed by atoms with van der Waals surface area (Å²) in [4.78, 5) is 0.104. The van der Waals surface area contributed by atoms with Gasteiger partial charge in [-0.15, -0.1) is 0 Å². The molecule has 3 aromatic carbocycles. The second-order valence-electron chi connectivity index (χ2n) is 10.3. The van der Waals surface area contributed by atoms with Crippen LogP contribution in [0.15, 0.2) is 112 Å². The highest BCUT2D eigenvalue weighted by atomic mass is 32.2. The van der Waals surface area contributed by atoms with E-state index in [2.05, 4.69) is 0 Å². The SMILES string of the molecule is O=S(=O)(Oc1ccc2c(OS(=O)(=O)C3=CCCC=C3)c3cc(OS(=O)(=O)C4=CCCC=C4)ccc3cc2c1)C1=CCCC=C1. The van der Waals surface area contributed by atoms with E-state index >= 15 is 0 Å². The van der Waals surface area contributed by atoms with Crippen molar-refractivity contribution in [3.05, 3.63) is 112 Å². The summed E-state index contributed by atoms with van der Waals surface area (Å²) in [7, 11) is -12.5. The molecule has 228 valence electrons. The first-order chi connectivity index (χ1) is 21.0. The maximum atomic E-state index is 13.4. The maximum absolute atomic E-state index is 13.4. The Morgan fingerprint density at radius 3 is 1.43 bits per heavy atom. The third-order valence-corrected chi connectivity index (χ3v) is 11.1. The van der Waals surface area contributed by atoms with Crippen molar-refractivity contribution < 1.29 is 37.8 Å². The summed E-state index contributed by atoms with van der Waals surface area (Å²) in [6.45, 7) is 0. The van der Waals surface area contributed by atoms with Crippen molar-refractivity contribution in [3.63, 3.8) is 0 Å². The average Bonchev–Trinajstić information content (AvgIpc) is 3.02. The fourth-order valence-electron chi connectivity index (χ4n) is 5.06. The molecule has 0 bridgehead atoms. The zero-order valence-electron chi connectivity index (χ0n) is 23.4. The predicted octanol–water partition coefficient (Wildman–Crippen LogP) is 6.82. The fourth-order valence-corrected chi connectivity index (χ4v) is 8.22. The average molecular weight is 653 g/mol. The molecule has 0 atom stereocenters. The highest BCUT2D eigenvalue weighted by molar-refractivity contribution is 7.91. The van der Waals surface area contributed by atoms with Crippen LogP contribution < -0.4 is 12.5 Å². The van der Waals surface area contributed by atoms with Gasteiger partial charge in [-0.1, -0.05) is 42.5 Å². The van der Waals surface area contributed by atoms with Crippen molar-refractivity contribution in [1.29, 1.82) is 0 Å². The van der Waals surface area contributed by atoms with Crippen LogP contribution in [-0.4, -0.2) is 25.3 Å². The first kappa shape index (κ1) is 29.9. The van der Waals surface area contributed by atoms with Crippen molar-refractivity contribution in [1.82, 2.24) is 0 Å². The molecule has 9 nitrogen and oxygen atoms in total. The number of rotatable bonds is 9. The number of allylic oxidation sites excluding steroid dienone is 9. The Kier molecular flexibility index (Phi) is 7.99. The van der Waals surface area contributed by atoms with E-state index < -0.39 is 30.4 Å². The molecule has 0 amide bonds. The van der Waals surface area contributed by atoms with Gasteiger partial charge in [-0.3, -0.25) is 0 Å². The lowest BCUT2D eigenvalue weighted by atomic mass is 10.0. The van der Waals surface area contributed by atoms with E-state index in [4.69, 9.17) is 12.5 Å². The zero-order valence-corrected chi connectivity index (χ0v) is 25.8. The van der Waals surface area contributed by atoms with Gasteiger partial charge in [-0.05, 0) is 104 Å². The highest BCUT2D eigenvalue weighted by Gasteiger charge is 2.25. The Hall–Kier alpha value is -4.13. The molecule has 0 saturated carbocycles. The van der Waals surface area contributed by atoms with E-state index in [1.165, 1.54) is 48.6 Å². The standard InChI is InChI=1S/C32H28O9S3/c33-42(34,27-10-4-1-5-11-27)39-25-18-19-30-24(21-25)20-23-16-17-26(40-43(35,36)28-12-6-2-7-13-28)22-31(23)32(30)41-44(37,38)29-14-8-3-9-15-29/h4,6,8,10-22H,1-3,5,7,9H2. The molecular formula is C32H28O9S3. The summed E-state index contributed by atoms with van der Waals surface area (Å²) in [5, 5.41) is 1.55. The maximum Gasteiger partial charge on any atom is 0.338 e. The van der Waals surface area contributed by atoms with Crippen LogP contribution in [0.3, 0.4) is 0 Å². The largest absolute Gasteiger partial charge is 0.379 e. The van der Waals surface area contributed by atoms with E-state index in [-0.39, 0.29) is 37.4 Å². The third-order valence-electron chi connectivity index (χ3n) is 7.20. The van der Waals surface area contributed by atoms with Crippen molar-refractivity contribution in [3.8, 4) is 17.2 Å². The number of hydrogen-bond acceptors (Lipinski definition) is 9. The Bertz CT molecular complexity index is 2180.